The normalized spacial score (nSPS) is 24.8. The lowest BCUT2D eigenvalue weighted by molar-refractivity contribution is -0.160. The van der Waals surface area contributed by atoms with E-state index in [4.69, 9.17) is 8.92 Å². The van der Waals surface area contributed by atoms with E-state index in [0.717, 1.165) is 52.7 Å². The van der Waals surface area contributed by atoms with Crippen molar-refractivity contribution in [2.75, 3.05) is 6.61 Å². The third kappa shape index (κ3) is 6.16. The van der Waals surface area contributed by atoms with Crippen LogP contribution in [0.3, 0.4) is 0 Å². The number of hydrogen-bond donors (Lipinski definition) is 0. The van der Waals surface area contributed by atoms with Crippen molar-refractivity contribution in [1.29, 1.82) is 0 Å². The molecule has 224 valence electrons. The van der Waals surface area contributed by atoms with Gasteiger partial charge in [-0.05, 0) is 122 Å². The molecule has 0 unspecified atom stereocenters. The Morgan fingerprint density at radius 2 is 1.14 bits per heavy atom. The van der Waals surface area contributed by atoms with E-state index in [1.54, 1.807) is 0 Å². The Morgan fingerprint density at radius 1 is 0.667 bits per heavy atom. The molecular formula is C38H48O3S. The number of benzene rings is 3. The van der Waals surface area contributed by atoms with Crippen molar-refractivity contribution in [1.82, 2.24) is 0 Å². The van der Waals surface area contributed by atoms with Crippen LogP contribution in [0.5, 0.6) is 5.75 Å². The zero-order valence-corrected chi connectivity index (χ0v) is 26.2. The van der Waals surface area contributed by atoms with Crippen LogP contribution in [0.2, 0.25) is 0 Å². The summed E-state index contributed by atoms with van der Waals surface area (Å²) in [7, 11) is -2.29. The minimum absolute atomic E-state index is 0.0311. The van der Waals surface area contributed by atoms with Gasteiger partial charge in [0.05, 0.1) is 12.0 Å². The van der Waals surface area contributed by atoms with Gasteiger partial charge in [0.1, 0.15) is 5.75 Å². The van der Waals surface area contributed by atoms with Crippen LogP contribution in [0.25, 0.3) is 0 Å². The van der Waals surface area contributed by atoms with Crippen molar-refractivity contribution in [3.8, 4) is 5.75 Å². The topological polar surface area (TPSA) is 35.5 Å². The molecule has 0 spiro atoms. The largest absolute Gasteiger partial charge is 0.494 e. The van der Waals surface area contributed by atoms with Crippen LogP contribution in [-0.4, -0.2) is 12.6 Å². The Bertz CT molecular complexity index is 1210. The van der Waals surface area contributed by atoms with E-state index in [2.05, 4.69) is 79.7 Å². The second kappa shape index (κ2) is 13.3. The Labute approximate surface area is 254 Å². The zero-order valence-electron chi connectivity index (χ0n) is 25.3. The van der Waals surface area contributed by atoms with E-state index in [9.17, 15) is 4.79 Å². The molecular weight excluding hydrogens is 536 g/mol. The standard InChI is InChI=1S/C38H48O3S/c1-2-3-4-5-6-7-14-23-40-33-19-21-36(22-20-33)42(34-15-10-8-11-16-34,35-17-12-9-13-18-35)41-37(39)38-27-30-24-31(28-38)26-32(25-30)29-38/h8-13,15-22,30-32H,2-7,14,23-29H2,1H3. The summed E-state index contributed by atoms with van der Waals surface area (Å²) in [6, 6.07) is 29.3. The lowest BCUT2D eigenvalue weighted by Gasteiger charge is -2.56. The van der Waals surface area contributed by atoms with Gasteiger partial charge >= 0.3 is 5.97 Å². The average Bonchev–Trinajstić information content (AvgIpc) is 3.02. The Kier molecular flexibility index (Phi) is 9.29. The maximum Gasteiger partial charge on any atom is 0.323 e. The van der Waals surface area contributed by atoms with Gasteiger partial charge in [-0.3, -0.25) is 4.79 Å². The molecule has 0 amide bonds. The van der Waals surface area contributed by atoms with Crippen LogP contribution < -0.4 is 4.74 Å². The minimum Gasteiger partial charge on any atom is -0.494 e. The molecule has 4 fully saturated rings. The zero-order chi connectivity index (χ0) is 28.8. The van der Waals surface area contributed by atoms with Gasteiger partial charge in [0.25, 0.3) is 0 Å². The van der Waals surface area contributed by atoms with Crippen LogP contribution in [0.4, 0.5) is 0 Å². The summed E-state index contributed by atoms with van der Waals surface area (Å²) in [5.74, 6) is 2.98. The van der Waals surface area contributed by atoms with E-state index in [-0.39, 0.29) is 11.4 Å². The van der Waals surface area contributed by atoms with Gasteiger partial charge in [-0.1, -0.05) is 81.8 Å². The fourth-order valence-corrected chi connectivity index (χ4v) is 11.4. The molecule has 0 N–H and O–H groups in total. The van der Waals surface area contributed by atoms with Gasteiger partial charge in [-0.25, -0.2) is 0 Å². The molecule has 4 aliphatic rings. The molecule has 3 aromatic carbocycles. The van der Waals surface area contributed by atoms with Crippen LogP contribution in [-0.2, 0) is 8.98 Å². The highest BCUT2D eigenvalue weighted by Gasteiger charge is 2.57. The fraction of sp³-hybridized carbons (Fsp3) is 0.500. The lowest BCUT2D eigenvalue weighted by Crippen LogP contribution is -2.50. The summed E-state index contributed by atoms with van der Waals surface area (Å²) >= 11 is 0. The van der Waals surface area contributed by atoms with Gasteiger partial charge < -0.3 is 8.92 Å². The van der Waals surface area contributed by atoms with Crippen molar-refractivity contribution in [3.63, 3.8) is 0 Å². The molecule has 7 rings (SSSR count). The first kappa shape index (κ1) is 29.4. The van der Waals surface area contributed by atoms with Crippen molar-refractivity contribution >= 4 is 16.3 Å². The Hall–Kier alpha value is -2.72. The van der Waals surface area contributed by atoms with Gasteiger partial charge in [0.15, 0.2) is 0 Å². The number of ether oxygens (including phenoxy) is 1. The van der Waals surface area contributed by atoms with Gasteiger partial charge in [-0.2, -0.15) is 0 Å². The molecule has 0 saturated heterocycles. The number of carbonyl (C=O) groups is 1. The molecule has 0 heterocycles. The monoisotopic (exact) mass is 584 g/mol. The summed E-state index contributed by atoms with van der Waals surface area (Å²) < 4.78 is 13.2. The van der Waals surface area contributed by atoms with Crippen LogP contribution in [0, 0.1) is 23.2 Å². The van der Waals surface area contributed by atoms with E-state index in [1.165, 1.54) is 57.8 Å². The van der Waals surface area contributed by atoms with Crippen molar-refractivity contribution in [2.24, 2.45) is 23.2 Å². The van der Waals surface area contributed by atoms with Crippen molar-refractivity contribution < 1.29 is 13.7 Å². The maximum absolute atomic E-state index is 14.6. The quantitative estimate of drug-likeness (QED) is 0.177. The number of unbranched alkanes of at least 4 members (excludes halogenated alkanes) is 6. The fourth-order valence-electron chi connectivity index (χ4n) is 8.32. The van der Waals surface area contributed by atoms with Gasteiger partial charge in [-0.15, -0.1) is 0 Å². The number of carbonyl (C=O) groups excluding carboxylic acids is 1. The van der Waals surface area contributed by atoms with E-state index in [0.29, 0.717) is 17.8 Å². The Morgan fingerprint density at radius 3 is 1.67 bits per heavy atom. The number of rotatable bonds is 14. The second-order valence-electron chi connectivity index (χ2n) is 13.2. The van der Waals surface area contributed by atoms with E-state index in [1.807, 2.05) is 12.1 Å². The summed E-state index contributed by atoms with van der Waals surface area (Å²) in [5, 5.41) is 0. The molecule has 3 aromatic rings. The minimum atomic E-state index is -2.29. The molecule has 0 atom stereocenters. The summed E-state index contributed by atoms with van der Waals surface area (Å²) in [6.07, 6.45) is 15.8. The van der Waals surface area contributed by atoms with E-state index < -0.39 is 10.3 Å². The van der Waals surface area contributed by atoms with Crippen molar-refractivity contribution in [3.05, 3.63) is 84.9 Å². The predicted molar refractivity (Wildman–Crippen MR) is 172 cm³/mol. The summed E-state index contributed by atoms with van der Waals surface area (Å²) in [4.78, 5) is 17.7. The molecule has 4 bridgehead atoms. The third-order valence-electron chi connectivity index (χ3n) is 9.99. The van der Waals surface area contributed by atoms with Crippen LogP contribution in [0.15, 0.2) is 99.6 Å². The maximum atomic E-state index is 14.6. The highest BCUT2D eigenvalue weighted by Crippen LogP contribution is 2.71. The molecule has 4 heteroatoms. The van der Waals surface area contributed by atoms with Gasteiger partial charge in [0.2, 0.25) is 0 Å². The molecule has 4 saturated carbocycles. The predicted octanol–water partition coefficient (Wildman–Crippen LogP) is 10.8. The lowest BCUT2D eigenvalue weighted by atomic mass is 9.49. The smallest absolute Gasteiger partial charge is 0.323 e. The summed E-state index contributed by atoms with van der Waals surface area (Å²) in [6.45, 7) is 3.00. The molecule has 4 aliphatic carbocycles. The third-order valence-corrected chi connectivity index (χ3v) is 13.2. The first-order chi connectivity index (χ1) is 20.6. The van der Waals surface area contributed by atoms with Crippen molar-refractivity contribution in [2.45, 2.75) is 105 Å². The molecule has 0 radical (unpaired) electrons. The number of hydrogen-bond acceptors (Lipinski definition) is 3. The van der Waals surface area contributed by atoms with Crippen LogP contribution >= 0.6 is 10.3 Å². The second-order valence-corrected chi connectivity index (χ2v) is 15.9. The summed E-state index contributed by atoms with van der Waals surface area (Å²) in [5.41, 5.74) is -0.323. The molecule has 0 aromatic heterocycles. The SMILES string of the molecule is CCCCCCCCCOc1ccc(S(OC(=O)C23CC4CC(CC(C4)C2)C3)(c2ccccc2)c2ccccc2)cc1. The molecule has 3 nitrogen and oxygen atoms in total. The molecule has 0 aliphatic heterocycles. The van der Waals surface area contributed by atoms with Gasteiger partial charge in [0, 0.05) is 14.7 Å². The first-order valence-electron chi connectivity index (χ1n) is 16.5. The highest BCUT2D eigenvalue weighted by atomic mass is 32.3. The molecule has 42 heavy (non-hydrogen) atoms. The average molecular weight is 585 g/mol. The Balaban J connectivity index is 1.26. The first-order valence-corrected chi connectivity index (χ1v) is 18.1. The highest BCUT2D eigenvalue weighted by molar-refractivity contribution is 8.30. The van der Waals surface area contributed by atoms with Crippen LogP contribution in [0.1, 0.15) is 90.4 Å². The van der Waals surface area contributed by atoms with E-state index >= 15 is 0 Å².